The summed E-state index contributed by atoms with van der Waals surface area (Å²) in [4.78, 5) is 0. The lowest BCUT2D eigenvalue weighted by Gasteiger charge is -2.09. The van der Waals surface area contributed by atoms with E-state index in [-0.39, 0.29) is 0 Å². The summed E-state index contributed by atoms with van der Waals surface area (Å²) in [5, 5.41) is 6.90. The van der Waals surface area contributed by atoms with Crippen molar-refractivity contribution in [1.29, 1.82) is 0 Å². The van der Waals surface area contributed by atoms with Crippen molar-refractivity contribution in [3.8, 4) is 33.6 Å². The molecule has 0 atom stereocenters. The standard InChI is InChI=1S/C48H30N2O/c1-3-11-31(12-4-1)33-19-23-35(24-20-33)49-41-17-9-7-15-39(41)45-43(49)29-27-37-38-28-30-44-46(48(38)51-47(37)45)40-16-8-10-18-42(40)50(44)36-25-21-34(22-26-36)32-13-5-2-6-14-32/h1-30H. The van der Waals surface area contributed by atoms with Gasteiger partial charge in [0.05, 0.1) is 32.8 Å². The first-order chi connectivity index (χ1) is 25.3. The van der Waals surface area contributed by atoms with Crippen molar-refractivity contribution < 1.29 is 4.42 Å². The number of benzene rings is 8. The lowest BCUT2D eigenvalue weighted by Crippen LogP contribution is -1.93. The molecule has 11 aromatic rings. The molecule has 3 heteroatoms. The molecule has 0 saturated heterocycles. The highest BCUT2D eigenvalue weighted by Crippen LogP contribution is 2.44. The molecular formula is C48H30N2O. The van der Waals surface area contributed by atoms with Gasteiger partial charge in [-0.05, 0) is 82.9 Å². The first-order valence-electron chi connectivity index (χ1n) is 17.4. The Morgan fingerprint density at radius 3 is 1.08 bits per heavy atom. The number of fused-ring (bicyclic) bond motifs is 11. The topological polar surface area (TPSA) is 23.0 Å². The fourth-order valence-electron chi connectivity index (χ4n) is 8.22. The van der Waals surface area contributed by atoms with Gasteiger partial charge in [0.1, 0.15) is 11.2 Å². The van der Waals surface area contributed by atoms with Crippen molar-refractivity contribution in [3.63, 3.8) is 0 Å². The zero-order valence-electron chi connectivity index (χ0n) is 27.6. The molecule has 0 fully saturated rings. The number of hydrogen-bond acceptors (Lipinski definition) is 1. The van der Waals surface area contributed by atoms with E-state index in [4.69, 9.17) is 4.42 Å². The average Bonchev–Trinajstić information content (AvgIpc) is 3.86. The summed E-state index contributed by atoms with van der Waals surface area (Å²) >= 11 is 0. The summed E-state index contributed by atoms with van der Waals surface area (Å²) in [5.74, 6) is 0. The summed E-state index contributed by atoms with van der Waals surface area (Å²) in [5.41, 5.74) is 13.5. The van der Waals surface area contributed by atoms with Gasteiger partial charge in [0, 0.05) is 32.9 Å². The minimum Gasteiger partial charge on any atom is -0.455 e. The maximum absolute atomic E-state index is 7.12. The fourth-order valence-corrected chi connectivity index (χ4v) is 8.22. The van der Waals surface area contributed by atoms with Gasteiger partial charge >= 0.3 is 0 Å². The van der Waals surface area contributed by atoms with E-state index in [0.717, 1.165) is 66.2 Å². The summed E-state index contributed by atoms with van der Waals surface area (Å²) in [6, 6.07) is 65.2. The van der Waals surface area contributed by atoms with Crippen LogP contribution in [0.15, 0.2) is 186 Å². The largest absolute Gasteiger partial charge is 0.455 e. The third kappa shape index (κ3) is 4.12. The smallest absolute Gasteiger partial charge is 0.145 e. The second-order valence-electron chi connectivity index (χ2n) is 13.3. The van der Waals surface area contributed by atoms with E-state index in [1.807, 2.05) is 0 Å². The molecule has 3 nitrogen and oxygen atoms in total. The molecule has 0 radical (unpaired) electrons. The van der Waals surface area contributed by atoms with Gasteiger partial charge in [0.2, 0.25) is 0 Å². The Balaban J connectivity index is 1.14. The van der Waals surface area contributed by atoms with E-state index in [0.29, 0.717) is 0 Å². The van der Waals surface area contributed by atoms with Crippen molar-refractivity contribution in [2.45, 2.75) is 0 Å². The van der Waals surface area contributed by atoms with Crippen LogP contribution >= 0.6 is 0 Å². The second kappa shape index (κ2) is 10.8. The van der Waals surface area contributed by atoms with Gasteiger partial charge in [-0.2, -0.15) is 0 Å². The number of nitrogens with zero attached hydrogens (tertiary/aromatic N) is 2. The third-order valence-corrected chi connectivity index (χ3v) is 10.5. The van der Waals surface area contributed by atoms with Crippen LogP contribution in [0.3, 0.4) is 0 Å². The van der Waals surface area contributed by atoms with Crippen molar-refractivity contribution in [2.75, 3.05) is 0 Å². The molecule has 3 aromatic heterocycles. The van der Waals surface area contributed by atoms with Crippen LogP contribution in [0.25, 0.3) is 99.2 Å². The highest BCUT2D eigenvalue weighted by atomic mass is 16.3. The van der Waals surface area contributed by atoms with Gasteiger partial charge in [-0.25, -0.2) is 0 Å². The molecular weight excluding hydrogens is 621 g/mol. The molecule has 238 valence electrons. The van der Waals surface area contributed by atoms with E-state index in [1.54, 1.807) is 0 Å². The lowest BCUT2D eigenvalue weighted by molar-refractivity contribution is 0.677. The Morgan fingerprint density at radius 1 is 0.275 bits per heavy atom. The summed E-state index contributed by atoms with van der Waals surface area (Å²) in [7, 11) is 0. The van der Waals surface area contributed by atoms with Crippen molar-refractivity contribution >= 4 is 65.6 Å². The minimum absolute atomic E-state index is 0.926. The molecule has 0 aliphatic carbocycles. The second-order valence-corrected chi connectivity index (χ2v) is 13.3. The van der Waals surface area contributed by atoms with Gasteiger partial charge < -0.3 is 13.6 Å². The number of hydrogen-bond donors (Lipinski definition) is 0. The number of aromatic nitrogens is 2. The van der Waals surface area contributed by atoms with Gasteiger partial charge in [0.15, 0.2) is 0 Å². The quantitative estimate of drug-likeness (QED) is 0.186. The highest BCUT2D eigenvalue weighted by molar-refractivity contribution is 6.29. The van der Waals surface area contributed by atoms with E-state index in [1.165, 1.54) is 33.0 Å². The van der Waals surface area contributed by atoms with Gasteiger partial charge in [-0.3, -0.25) is 0 Å². The monoisotopic (exact) mass is 650 g/mol. The summed E-state index contributed by atoms with van der Waals surface area (Å²) < 4.78 is 11.9. The zero-order valence-corrected chi connectivity index (χ0v) is 27.6. The molecule has 3 heterocycles. The van der Waals surface area contributed by atoms with Gasteiger partial charge in [-0.15, -0.1) is 0 Å². The molecule has 0 bridgehead atoms. The molecule has 0 N–H and O–H groups in total. The molecule has 0 unspecified atom stereocenters. The molecule has 11 rings (SSSR count). The van der Waals surface area contributed by atoms with Gasteiger partial charge in [0.25, 0.3) is 0 Å². The first kappa shape index (κ1) is 28.0. The normalized spacial score (nSPS) is 11.9. The van der Waals surface area contributed by atoms with Gasteiger partial charge in [-0.1, -0.05) is 121 Å². The molecule has 51 heavy (non-hydrogen) atoms. The van der Waals surface area contributed by atoms with Crippen LogP contribution in [0.4, 0.5) is 0 Å². The van der Waals surface area contributed by atoms with E-state index < -0.39 is 0 Å². The van der Waals surface area contributed by atoms with Crippen LogP contribution in [0.2, 0.25) is 0 Å². The van der Waals surface area contributed by atoms with Crippen LogP contribution < -0.4 is 0 Å². The van der Waals surface area contributed by atoms with Crippen LogP contribution in [0.1, 0.15) is 0 Å². The average molecular weight is 651 g/mol. The maximum Gasteiger partial charge on any atom is 0.145 e. The number of para-hydroxylation sites is 2. The predicted octanol–water partition coefficient (Wildman–Crippen LogP) is 13.1. The van der Waals surface area contributed by atoms with Crippen LogP contribution in [0.5, 0.6) is 0 Å². The van der Waals surface area contributed by atoms with E-state index in [2.05, 4.69) is 191 Å². The predicted molar refractivity (Wildman–Crippen MR) is 213 cm³/mol. The maximum atomic E-state index is 7.12. The van der Waals surface area contributed by atoms with Crippen molar-refractivity contribution in [1.82, 2.24) is 9.13 Å². The van der Waals surface area contributed by atoms with Crippen molar-refractivity contribution in [3.05, 3.63) is 182 Å². The molecule has 0 spiro atoms. The fraction of sp³-hybridized carbons (Fsp3) is 0. The molecule has 0 aliphatic heterocycles. The third-order valence-electron chi connectivity index (χ3n) is 10.5. The van der Waals surface area contributed by atoms with Crippen LogP contribution in [-0.2, 0) is 0 Å². The molecule has 0 saturated carbocycles. The highest BCUT2D eigenvalue weighted by Gasteiger charge is 2.22. The Hall–Kier alpha value is -6.84. The zero-order chi connectivity index (χ0) is 33.5. The van der Waals surface area contributed by atoms with Crippen LogP contribution in [-0.4, -0.2) is 9.13 Å². The van der Waals surface area contributed by atoms with E-state index in [9.17, 15) is 0 Å². The molecule has 0 amide bonds. The van der Waals surface area contributed by atoms with E-state index >= 15 is 0 Å². The number of furan rings is 1. The Bertz CT molecular complexity index is 2880. The number of rotatable bonds is 4. The molecule has 0 aliphatic rings. The van der Waals surface area contributed by atoms with Crippen molar-refractivity contribution in [2.24, 2.45) is 0 Å². The van der Waals surface area contributed by atoms with Crippen LogP contribution in [0, 0.1) is 0 Å². The Kier molecular flexibility index (Phi) is 5.96. The SMILES string of the molecule is c1ccc(-c2ccc(-n3c4ccccc4c4c5oc6c(ccc7c6c6ccccc6n7-c6ccc(-c7ccccc7)cc6)c5ccc43)cc2)cc1. The Morgan fingerprint density at radius 2 is 0.647 bits per heavy atom. The summed E-state index contributed by atoms with van der Waals surface area (Å²) in [6.45, 7) is 0. The first-order valence-corrected chi connectivity index (χ1v) is 17.4. The minimum atomic E-state index is 0.926. The lowest BCUT2D eigenvalue weighted by atomic mass is 10.1. The summed E-state index contributed by atoms with van der Waals surface area (Å²) in [6.07, 6.45) is 0. The Labute approximate surface area is 293 Å². The molecule has 8 aromatic carbocycles.